The third-order valence-corrected chi connectivity index (χ3v) is 7.80. The molecule has 3 aliphatic heterocycles. The smallest absolute Gasteiger partial charge is 0.191 e. The quantitative estimate of drug-likeness (QED) is 0.585. The van der Waals surface area contributed by atoms with Crippen molar-refractivity contribution < 1.29 is 13.2 Å². The molecule has 7 heteroatoms. The van der Waals surface area contributed by atoms with E-state index in [1.165, 1.54) is 32.1 Å². The summed E-state index contributed by atoms with van der Waals surface area (Å²) in [4.78, 5) is 4.76. The van der Waals surface area contributed by atoms with Crippen LogP contribution in [0.15, 0.2) is 4.99 Å². The molecule has 4 unspecified atom stereocenters. The standard InChI is InChI=1S/C17H29N3O3S/c21-24(22)8-7-12(11-24)10-18-17(19-13-3-1-2-4-13)20-15-9-14-5-6-16(15)23-14/h12-16H,1-11H2,(H2,18,19,20). The summed E-state index contributed by atoms with van der Waals surface area (Å²) < 4.78 is 29.2. The Kier molecular flexibility index (Phi) is 4.73. The van der Waals surface area contributed by atoms with Crippen LogP contribution in [0, 0.1) is 5.92 Å². The molecule has 24 heavy (non-hydrogen) atoms. The molecule has 1 aliphatic carbocycles. The van der Waals surface area contributed by atoms with E-state index >= 15 is 0 Å². The summed E-state index contributed by atoms with van der Waals surface area (Å²) in [6.07, 6.45) is 9.83. The minimum atomic E-state index is -2.83. The maximum atomic E-state index is 11.6. The van der Waals surface area contributed by atoms with Gasteiger partial charge in [0.1, 0.15) is 0 Å². The van der Waals surface area contributed by atoms with Gasteiger partial charge in [0.15, 0.2) is 15.8 Å². The molecule has 0 aromatic rings. The number of ether oxygens (including phenoxy) is 1. The van der Waals surface area contributed by atoms with Crippen LogP contribution in [0.25, 0.3) is 0 Å². The normalized spacial score (nSPS) is 38.8. The molecule has 0 aromatic carbocycles. The lowest BCUT2D eigenvalue weighted by molar-refractivity contribution is 0.0992. The lowest BCUT2D eigenvalue weighted by Crippen LogP contribution is -2.50. The van der Waals surface area contributed by atoms with Crippen LogP contribution >= 0.6 is 0 Å². The van der Waals surface area contributed by atoms with Gasteiger partial charge in [0.05, 0.1) is 29.8 Å². The van der Waals surface area contributed by atoms with Crippen molar-refractivity contribution in [2.24, 2.45) is 10.9 Å². The second kappa shape index (κ2) is 6.83. The van der Waals surface area contributed by atoms with Crippen molar-refractivity contribution in [2.75, 3.05) is 18.1 Å². The molecule has 4 fully saturated rings. The molecule has 0 spiro atoms. The molecule has 4 aliphatic rings. The van der Waals surface area contributed by atoms with Crippen LogP contribution < -0.4 is 10.6 Å². The van der Waals surface area contributed by atoms with Gasteiger partial charge in [0, 0.05) is 12.6 Å². The van der Waals surface area contributed by atoms with Crippen LogP contribution in [0.3, 0.4) is 0 Å². The van der Waals surface area contributed by atoms with Crippen molar-refractivity contribution in [1.82, 2.24) is 10.6 Å². The van der Waals surface area contributed by atoms with E-state index in [0.29, 0.717) is 42.3 Å². The molecule has 0 aromatic heterocycles. The third kappa shape index (κ3) is 3.87. The maximum Gasteiger partial charge on any atom is 0.191 e. The van der Waals surface area contributed by atoms with E-state index in [1.807, 2.05) is 0 Å². The average Bonchev–Trinajstić information content (AvgIpc) is 3.29. The Morgan fingerprint density at radius 2 is 1.92 bits per heavy atom. The van der Waals surface area contributed by atoms with Crippen LogP contribution in [-0.4, -0.2) is 56.7 Å². The number of guanidine groups is 1. The van der Waals surface area contributed by atoms with Gasteiger partial charge in [-0.25, -0.2) is 8.42 Å². The highest BCUT2D eigenvalue weighted by Crippen LogP contribution is 2.34. The third-order valence-electron chi connectivity index (χ3n) is 5.96. The Balaban J connectivity index is 1.38. The number of hydrogen-bond acceptors (Lipinski definition) is 4. The second-order valence-corrected chi connectivity index (χ2v) is 10.2. The highest BCUT2D eigenvalue weighted by molar-refractivity contribution is 7.91. The summed E-state index contributed by atoms with van der Waals surface area (Å²) in [5.74, 6) is 1.66. The van der Waals surface area contributed by atoms with Gasteiger partial charge in [-0.3, -0.25) is 4.99 Å². The summed E-state index contributed by atoms with van der Waals surface area (Å²) in [5, 5.41) is 7.16. The number of aliphatic imine (C=N–C) groups is 1. The molecule has 3 heterocycles. The van der Waals surface area contributed by atoms with Crippen LogP contribution in [-0.2, 0) is 14.6 Å². The zero-order valence-corrected chi connectivity index (χ0v) is 15.1. The topological polar surface area (TPSA) is 79.8 Å². The minimum absolute atomic E-state index is 0.174. The first kappa shape index (κ1) is 16.6. The SMILES string of the molecule is O=S1(=O)CCC(CN=C(NC2CCCC2)NC2CC3CCC2O3)C1. The van der Waals surface area contributed by atoms with Gasteiger partial charge in [0.2, 0.25) is 0 Å². The van der Waals surface area contributed by atoms with E-state index in [9.17, 15) is 8.42 Å². The number of fused-ring (bicyclic) bond motifs is 2. The van der Waals surface area contributed by atoms with E-state index in [4.69, 9.17) is 9.73 Å². The Labute approximate surface area is 144 Å². The number of rotatable bonds is 4. The van der Waals surface area contributed by atoms with E-state index in [0.717, 1.165) is 25.2 Å². The van der Waals surface area contributed by atoms with E-state index in [1.54, 1.807) is 0 Å². The first-order valence-corrected chi connectivity index (χ1v) is 11.3. The Bertz CT molecular complexity index is 586. The van der Waals surface area contributed by atoms with Crippen LogP contribution in [0.2, 0.25) is 0 Å². The van der Waals surface area contributed by atoms with E-state index in [2.05, 4.69) is 10.6 Å². The summed E-state index contributed by atoms with van der Waals surface area (Å²) in [6.45, 7) is 0.600. The second-order valence-electron chi connectivity index (χ2n) is 7.94. The molecule has 2 N–H and O–H groups in total. The highest BCUT2D eigenvalue weighted by atomic mass is 32.2. The summed E-state index contributed by atoms with van der Waals surface area (Å²) in [5.41, 5.74) is 0. The summed E-state index contributed by atoms with van der Waals surface area (Å²) in [7, 11) is -2.83. The average molecular weight is 356 g/mol. The van der Waals surface area contributed by atoms with Crippen molar-refractivity contribution >= 4 is 15.8 Å². The Morgan fingerprint density at radius 3 is 2.54 bits per heavy atom. The van der Waals surface area contributed by atoms with Gasteiger partial charge in [0.25, 0.3) is 0 Å². The number of nitrogens with zero attached hydrogens (tertiary/aromatic N) is 1. The molecule has 136 valence electrons. The summed E-state index contributed by atoms with van der Waals surface area (Å²) in [6, 6.07) is 0.854. The Morgan fingerprint density at radius 1 is 1.08 bits per heavy atom. The lowest BCUT2D eigenvalue weighted by atomic mass is 9.96. The summed E-state index contributed by atoms with van der Waals surface area (Å²) >= 11 is 0. The van der Waals surface area contributed by atoms with Gasteiger partial charge in [-0.2, -0.15) is 0 Å². The number of sulfone groups is 1. The molecule has 0 amide bonds. The molecule has 4 rings (SSSR count). The molecule has 4 atom stereocenters. The monoisotopic (exact) mass is 355 g/mol. The van der Waals surface area contributed by atoms with E-state index < -0.39 is 9.84 Å². The van der Waals surface area contributed by atoms with Gasteiger partial charge < -0.3 is 15.4 Å². The van der Waals surface area contributed by atoms with Crippen molar-refractivity contribution in [1.29, 1.82) is 0 Å². The molecule has 2 bridgehead atoms. The van der Waals surface area contributed by atoms with Gasteiger partial charge in [-0.05, 0) is 44.4 Å². The molecule has 6 nitrogen and oxygen atoms in total. The minimum Gasteiger partial charge on any atom is -0.373 e. The number of nitrogens with one attached hydrogen (secondary N) is 2. The van der Waals surface area contributed by atoms with Crippen molar-refractivity contribution in [2.45, 2.75) is 75.7 Å². The molecular formula is C17H29N3O3S. The number of hydrogen-bond donors (Lipinski definition) is 2. The molecular weight excluding hydrogens is 326 g/mol. The van der Waals surface area contributed by atoms with Crippen molar-refractivity contribution in [3.05, 3.63) is 0 Å². The Hall–Kier alpha value is -0.820. The lowest BCUT2D eigenvalue weighted by Gasteiger charge is -2.25. The zero-order valence-electron chi connectivity index (χ0n) is 14.2. The highest BCUT2D eigenvalue weighted by Gasteiger charge is 2.41. The van der Waals surface area contributed by atoms with Crippen LogP contribution in [0.5, 0.6) is 0 Å². The first-order chi connectivity index (χ1) is 11.6. The van der Waals surface area contributed by atoms with Crippen LogP contribution in [0.4, 0.5) is 0 Å². The van der Waals surface area contributed by atoms with Gasteiger partial charge in [-0.1, -0.05) is 12.8 Å². The maximum absolute atomic E-state index is 11.6. The van der Waals surface area contributed by atoms with Crippen molar-refractivity contribution in [3.8, 4) is 0 Å². The van der Waals surface area contributed by atoms with Crippen LogP contribution in [0.1, 0.15) is 51.4 Å². The predicted molar refractivity (Wildman–Crippen MR) is 93.9 cm³/mol. The molecule has 0 radical (unpaired) electrons. The first-order valence-electron chi connectivity index (χ1n) is 9.51. The fraction of sp³-hybridized carbons (Fsp3) is 0.941. The largest absolute Gasteiger partial charge is 0.373 e. The predicted octanol–water partition coefficient (Wildman–Crippen LogP) is 1.22. The zero-order chi connectivity index (χ0) is 16.6. The molecule has 3 saturated heterocycles. The fourth-order valence-corrected chi connectivity index (χ4v) is 6.45. The van der Waals surface area contributed by atoms with Gasteiger partial charge >= 0.3 is 0 Å². The van der Waals surface area contributed by atoms with Gasteiger partial charge in [-0.15, -0.1) is 0 Å². The van der Waals surface area contributed by atoms with E-state index in [-0.39, 0.29) is 5.92 Å². The van der Waals surface area contributed by atoms with Crippen molar-refractivity contribution in [3.63, 3.8) is 0 Å². The molecule has 1 saturated carbocycles. The fourth-order valence-electron chi connectivity index (χ4n) is 4.60.